The number of nitrogens with one attached hydrogen (secondary N) is 3. The Labute approximate surface area is 164 Å². The molecular formula is C21H23N3O2S. The maximum absolute atomic E-state index is 13.1. The van der Waals surface area contributed by atoms with Crippen LogP contribution in [0.1, 0.15) is 29.7 Å². The molecule has 0 fully saturated rings. The number of allylic oxidation sites excluding steroid dienone is 1. The summed E-state index contributed by atoms with van der Waals surface area (Å²) in [5.41, 5.74) is 5.26. The van der Waals surface area contributed by atoms with Crippen LogP contribution in [0.15, 0.2) is 53.7 Å². The molecule has 1 aliphatic heterocycles. The van der Waals surface area contributed by atoms with Crippen molar-refractivity contribution in [3.8, 4) is 5.75 Å². The van der Waals surface area contributed by atoms with Crippen LogP contribution in [0.2, 0.25) is 0 Å². The zero-order chi connectivity index (χ0) is 19.6. The first kappa shape index (κ1) is 18.9. The number of ether oxygens (including phenoxy) is 1. The molecule has 0 aromatic heterocycles. The van der Waals surface area contributed by atoms with Gasteiger partial charge in [-0.2, -0.15) is 0 Å². The molecule has 0 saturated carbocycles. The van der Waals surface area contributed by atoms with Crippen LogP contribution in [0.3, 0.4) is 0 Å². The van der Waals surface area contributed by atoms with Gasteiger partial charge < -0.3 is 20.7 Å². The van der Waals surface area contributed by atoms with Gasteiger partial charge in [-0.25, -0.2) is 0 Å². The molecule has 1 heterocycles. The second-order valence-electron chi connectivity index (χ2n) is 6.67. The highest BCUT2D eigenvalue weighted by atomic mass is 32.1. The molecule has 0 radical (unpaired) electrons. The molecule has 2 aromatic rings. The molecule has 27 heavy (non-hydrogen) atoms. The lowest BCUT2D eigenvalue weighted by Crippen LogP contribution is -2.45. The van der Waals surface area contributed by atoms with Crippen molar-refractivity contribution in [2.45, 2.75) is 26.8 Å². The summed E-state index contributed by atoms with van der Waals surface area (Å²) < 4.78 is 5.22. The molecular weight excluding hydrogens is 358 g/mol. The largest absolute Gasteiger partial charge is 0.497 e. The fourth-order valence-corrected chi connectivity index (χ4v) is 3.56. The SMILES string of the molecule is COc1ccc([C@@H]2NC(=S)NC(C)=C2C(=O)Nc2cc(C)cc(C)c2)cc1. The Morgan fingerprint density at radius 3 is 2.30 bits per heavy atom. The van der Waals surface area contributed by atoms with E-state index in [9.17, 15) is 4.79 Å². The van der Waals surface area contributed by atoms with Crippen molar-refractivity contribution < 1.29 is 9.53 Å². The molecule has 0 spiro atoms. The summed E-state index contributed by atoms with van der Waals surface area (Å²) in [7, 11) is 1.62. The first-order chi connectivity index (χ1) is 12.9. The van der Waals surface area contributed by atoms with Crippen LogP contribution in [0.25, 0.3) is 0 Å². The molecule has 1 aliphatic rings. The van der Waals surface area contributed by atoms with Crippen LogP contribution >= 0.6 is 12.2 Å². The zero-order valence-electron chi connectivity index (χ0n) is 15.8. The van der Waals surface area contributed by atoms with Crippen molar-refractivity contribution in [3.05, 3.63) is 70.4 Å². The van der Waals surface area contributed by atoms with Gasteiger partial charge in [-0.3, -0.25) is 4.79 Å². The highest BCUT2D eigenvalue weighted by Crippen LogP contribution is 2.29. The summed E-state index contributed by atoms with van der Waals surface area (Å²) in [5, 5.41) is 9.77. The van der Waals surface area contributed by atoms with E-state index in [1.54, 1.807) is 7.11 Å². The molecule has 0 aliphatic carbocycles. The predicted octanol–water partition coefficient (Wildman–Crippen LogP) is 3.74. The van der Waals surface area contributed by atoms with E-state index in [2.05, 4.69) is 22.0 Å². The molecule has 2 aromatic carbocycles. The molecule has 1 atom stereocenters. The van der Waals surface area contributed by atoms with Crippen molar-refractivity contribution in [3.63, 3.8) is 0 Å². The summed E-state index contributed by atoms with van der Waals surface area (Å²) in [4.78, 5) is 13.1. The van der Waals surface area contributed by atoms with E-state index in [1.165, 1.54) is 0 Å². The van der Waals surface area contributed by atoms with Crippen LogP contribution in [-0.4, -0.2) is 18.1 Å². The highest BCUT2D eigenvalue weighted by Gasteiger charge is 2.30. The molecule has 1 amide bonds. The van der Waals surface area contributed by atoms with Gasteiger partial charge in [0.2, 0.25) is 0 Å². The summed E-state index contributed by atoms with van der Waals surface area (Å²) in [6.07, 6.45) is 0. The Kier molecular flexibility index (Phi) is 5.46. The van der Waals surface area contributed by atoms with E-state index in [0.29, 0.717) is 10.7 Å². The summed E-state index contributed by atoms with van der Waals surface area (Å²) >= 11 is 5.30. The van der Waals surface area contributed by atoms with Gasteiger partial charge in [0, 0.05) is 11.4 Å². The van der Waals surface area contributed by atoms with E-state index in [-0.39, 0.29) is 11.9 Å². The molecule has 6 heteroatoms. The van der Waals surface area contributed by atoms with Crippen LogP contribution in [0.4, 0.5) is 5.69 Å². The first-order valence-corrected chi connectivity index (χ1v) is 9.10. The number of carbonyl (C=O) groups excluding carboxylic acids is 1. The third-order valence-corrected chi connectivity index (χ3v) is 4.66. The highest BCUT2D eigenvalue weighted by molar-refractivity contribution is 7.80. The minimum absolute atomic E-state index is 0.166. The molecule has 0 unspecified atom stereocenters. The summed E-state index contributed by atoms with van der Waals surface area (Å²) in [5.74, 6) is 0.595. The van der Waals surface area contributed by atoms with Crippen molar-refractivity contribution >= 4 is 28.9 Å². The van der Waals surface area contributed by atoms with Crippen LogP contribution < -0.4 is 20.7 Å². The van der Waals surface area contributed by atoms with Gasteiger partial charge in [-0.15, -0.1) is 0 Å². The van der Waals surface area contributed by atoms with Gasteiger partial charge >= 0.3 is 0 Å². The number of rotatable bonds is 4. The van der Waals surface area contributed by atoms with E-state index in [1.807, 2.05) is 57.2 Å². The van der Waals surface area contributed by atoms with Crippen LogP contribution in [0, 0.1) is 13.8 Å². The minimum Gasteiger partial charge on any atom is -0.497 e. The minimum atomic E-state index is -0.337. The van der Waals surface area contributed by atoms with Crippen molar-refractivity contribution in [2.24, 2.45) is 0 Å². The predicted molar refractivity (Wildman–Crippen MR) is 112 cm³/mol. The van der Waals surface area contributed by atoms with E-state index in [4.69, 9.17) is 17.0 Å². The molecule has 3 rings (SSSR count). The van der Waals surface area contributed by atoms with Crippen molar-refractivity contribution in [1.29, 1.82) is 0 Å². The van der Waals surface area contributed by atoms with Gasteiger partial charge in [0.15, 0.2) is 5.11 Å². The number of benzene rings is 2. The Bertz CT molecular complexity index is 899. The normalized spacial score (nSPS) is 16.4. The molecule has 140 valence electrons. The smallest absolute Gasteiger partial charge is 0.255 e. The molecule has 5 nitrogen and oxygen atoms in total. The standard InChI is InChI=1S/C21H23N3O2S/c1-12-9-13(2)11-16(10-12)23-20(25)18-14(3)22-21(27)24-19(18)15-5-7-17(26-4)8-6-15/h5-11,19H,1-4H3,(H,23,25)(H2,22,24,27)/t19-/m0/s1. The monoisotopic (exact) mass is 381 g/mol. The lowest BCUT2D eigenvalue weighted by molar-refractivity contribution is -0.113. The van der Waals surface area contributed by atoms with Gasteiger partial charge in [0.25, 0.3) is 5.91 Å². The topological polar surface area (TPSA) is 62.4 Å². The number of hydrogen-bond donors (Lipinski definition) is 3. The lowest BCUT2D eigenvalue weighted by Gasteiger charge is -2.30. The quantitative estimate of drug-likeness (QED) is 0.704. The van der Waals surface area contributed by atoms with Gasteiger partial charge in [0.1, 0.15) is 5.75 Å². The molecule has 3 N–H and O–H groups in total. The fourth-order valence-electron chi connectivity index (χ4n) is 3.29. The lowest BCUT2D eigenvalue weighted by atomic mass is 9.94. The summed E-state index contributed by atoms with van der Waals surface area (Å²) in [6.45, 7) is 5.88. The Morgan fingerprint density at radius 2 is 1.70 bits per heavy atom. The van der Waals surface area contributed by atoms with Crippen molar-refractivity contribution in [2.75, 3.05) is 12.4 Å². The summed E-state index contributed by atoms with van der Waals surface area (Å²) in [6, 6.07) is 13.3. The number of methoxy groups -OCH3 is 1. The van der Waals surface area contributed by atoms with Crippen LogP contribution in [-0.2, 0) is 4.79 Å². The first-order valence-electron chi connectivity index (χ1n) is 8.69. The maximum atomic E-state index is 13.1. The Balaban J connectivity index is 1.94. The van der Waals surface area contributed by atoms with E-state index < -0.39 is 0 Å². The number of carbonyl (C=O) groups is 1. The van der Waals surface area contributed by atoms with Crippen molar-refractivity contribution in [1.82, 2.24) is 10.6 Å². The zero-order valence-corrected chi connectivity index (χ0v) is 16.7. The second-order valence-corrected chi connectivity index (χ2v) is 7.08. The Morgan fingerprint density at radius 1 is 1.07 bits per heavy atom. The number of anilines is 1. The number of amides is 1. The van der Waals surface area contributed by atoms with Gasteiger partial charge in [-0.05, 0) is 73.9 Å². The van der Waals surface area contributed by atoms with Gasteiger partial charge in [0.05, 0.1) is 18.7 Å². The maximum Gasteiger partial charge on any atom is 0.255 e. The molecule has 0 saturated heterocycles. The average molecular weight is 382 g/mol. The number of thiocarbonyl (C=S) groups is 1. The van der Waals surface area contributed by atoms with Gasteiger partial charge in [-0.1, -0.05) is 18.2 Å². The van der Waals surface area contributed by atoms with E-state index in [0.717, 1.165) is 33.8 Å². The third-order valence-electron chi connectivity index (χ3n) is 4.44. The third kappa shape index (κ3) is 4.28. The Hall–Kier alpha value is -2.86. The van der Waals surface area contributed by atoms with Crippen LogP contribution in [0.5, 0.6) is 5.75 Å². The number of aryl methyl sites for hydroxylation is 2. The second kappa shape index (κ2) is 7.80. The number of hydrogen-bond acceptors (Lipinski definition) is 3. The average Bonchev–Trinajstić information content (AvgIpc) is 2.60. The van der Waals surface area contributed by atoms with E-state index >= 15 is 0 Å². The molecule has 0 bridgehead atoms. The fraction of sp³-hybridized carbons (Fsp3) is 0.238.